The number of carbonyl (C=O) groups is 3. The molecule has 0 aromatic rings. The van der Waals surface area contributed by atoms with Crippen molar-refractivity contribution in [3.05, 3.63) is 0 Å². The molecule has 100 valence electrons. The Morgan fingerprint density at radius 3 is 2.67 bits per heavy atom. The molecular weight excluding hydrogens is 276 g/mol. The highest BCUT2D eigenvalue weighted by Crippen LogP contribution is 2.41. The van der Waals surface area contributed by atoms with Gasteiger partial charge in [-0.1, -0.05) is 0 Å². The van der Waals surface area contributed by atoms with Gasteiger partial charge in [0.05, 0.1) is 0 Å². The summed E-state index contributed by atoms with van der Waals surface area (Å²) in [6.45, 7) is 1.59. The predicted molar refractivity (Wildman–Crippen MR) is 69.1 cm³/mol. The third-order valence-electron chi connectivity index (χ3n) is 3.27. The maximum atomic E-state index is 12.3. The molecule has 0 bridgehead atoms. The quantitative estimate of drug-likeness (QED) is 0.505. The fraction of sp³-hybridized carbons (Fsp3) is 0.700. The van der Waals surface area contributed by atoms with Crippen molar-refractivity contribution in [1.82, 2.24) is 9.80 Å². The summed E-state index contributed by atoms with van der Waals surface area (Å²) in [6, 6.07) is 0. The summed E-state index contributed by atoms with van der Waals surface area (Å²) in [4.78, 5) is 36.6. The maximum absolute atomic E-state index is 12.3. The lowest BCUT2D eigenvalue weighted by Crippen LogP contribution is -2.68. The Morgan fingerprint density at radius 1 is 1.50 bits per heavy atom. The molecule has 0 unspecified atom stereocenters. The lowest BCUT2D eigenvalue weighted by atomic mass is 10.1. The number of piperazine rings is 1. The van der Waals surface area contributed by atoms with Crippen molar-refractivity contribution in [3.8, 4) is 0 Å². The maximum Gasteiger partial charge on any atom is 0.303 e. The van der Waals surface area contributed by atoms with E-state index in [1.54, 1.807) is 0 Å². The summed E-state index contributed by atoms with van der Waals surface area (Å²) in [5.74, 6) is -1.18. The Hall–Kier alpha value is -0.890. The van der Waals surface area contributed by atoms with Crippen molar-refractivity contribution in [2.75, 3.05) is 13.6 Å². The van der Waals surface area contributed by atoms with Crippen LogP contribution in [0, 0.1) is 0 Å². The van der Waals surface area contributed by atoms with Crippen molar-refractivity contribution in [1.29, 1.82) is 0 Å². The number of nitrogens with zero attached hydrogens (tertiary/aromatic N) is 2. The van der Waals surface area contributed by atoms with Gasteiger partial charge in [0.1, 0.15) is 6.10 Å². The molecule has 6 nitrogen and oxygen atoms in total. The van der Waals surface area contributed by atoms with E-state index < -0.39 is 22.3 Å². The average Bonchev–Trinajstić information content (AvgIpc) is 2.63. The van der Waals surface area contributed by atoms with Gasteiger partial charge in [0, 0.05) is 26.9 Å². The van der Waals surface area contributed by atoms with E-state index in [1.165, 1.54) is 23.8 Å². The molecular formula is C10H14N2O4S2. The number of carbonyl (C=O) groups excluding carboxylic acids is 3. The zero-order chi connectivity index (χ0) is 13.7. The second kappa shape index (κ2) is 4.34. The largest absolute Gasteiger partial charge is 0.458 e. The first-order valence-electron chi connectivity index (χ1n) is 5.46. The van der Waals surface area contributed by atoms with Crippen LogP contribution in [-0.4, -0.2) is 57.5 Å². The average molecular weight is 290 g/mol. The summed E-state index contributed by atoms with van der Waals surface area (Å²) in [5, 5.41) is -0.811. The van der Waals surface area contributed by atoms with Crippen LogP contribution in [0.25, 0.3) is 0 Å². The second-order valence-corrected chi connectivity index (χ2v) is 5.56. The summed E-state index contributed by atoms with van der Waals surface area (Å²) >= 11 is 8.43. The van der Waals surface area contributed by atoms with Crippen LogP contribution in [0.3, 0.4) is 0 Å². The number of likely N-dealkylation sites (N-methyl/N-ethyl adjacent to an activating group) is 1. The molecule has 2 aliphatic heterocycles. The summed E-state index contributed by atoms with van der Waals surface area (Å²) in [6.07, 6.45) is -0.326. The van der Waals surface area contributed by atoms with Crippen molar-refractivity contribution in [3.63, 3.8) is 0 Å². The van der Waals surface area contributed by atoms with E-state index in [-0.39, 0.29) is 11.8 Å². The van der Waals surface area contributed by atoms with Gasteiger partial charge in [-0.15, -0.1) is 25.3 Å². The zero-order valence-corrected chi connectivity index (χ0v) is 11.8. The van der Waals surface area contributed by atoms with Crippen LogP contribution in [0.15, 0.2) is 0 Å². The fourth-order valence-corrected chi connectivity index (χ4v) is 3.12. The first kappa shape index (κ1) is 13.5. The van der Waals surface area contributed by atoms with E-state index >= 15 is 0 Å². The molecule has 0 N–H and O–H groups in total. The van der Waals surface area contributed by atoms with Crippen molar-refractivity contribution in [2.24, 2.45) is 0 Å². The molecule has 0 aliphatic carbocycles. The zero-order valence-electron chi connectivity index (χ0n) is 9.99. The molecule has 2 rings (SSSR count). The highest BCUT2D eigenvalue weighted by atomic mass is 32.1. The number of ether oxygens (including phenoxy) is 1. The number of hydrogen-bond donors (Lipinski definition) is 2. The van der Waals surface area contributed by atoms with Gasteiger partial charge in [0.25, 0.3) is 11.8 Å². The van der Waals surface area contributed by atoms with Crippen LogP contribution in [0.4, 0.5) is 0 Å². The molecule has 18 heavy (non-hydrogen) atoms. The van der Waals surface area contributed by atoms with Crippen LogP contribution in [-0.2, 0) is 19.1 Å². The van der Waals surface area contributed by atoms with Gasteiger partial charge in [0.2, 0.25) is 4.87 Å². The summed E-state index contributed by atoms with van der Waals surface area (Å²) in [5.41, 5.74) is 0. The number of fused-ring (bicyclic) bond motifs is 1. The monoisotopic (exact) mass is 290 g/mol. The number of esters is 1. The highest BCUT2D eigenvalue weighted by Gasteiger charge is 2.61. The standard InChI is InChI=1S/C10H14N2O4S2/c1-5(13)16-6-3-4-12-7(14)8(17)11(2)9(15)10(6,12)18/h6,8,17-18H,3-4H2,1-2H3/t6-,8+,10-/m0/s1. The minimum Gasteiger partial charge on any atom is -0.458 e. The Balaban J connectivity index is 2.37. The molecule has 0 aromatic heterocycles. The third kappa shape index (κ3) is 1.70. The van der Waals surface area contributed by atoms with E-state index in [0.717, 1.165) is 0 Å². The van der Waals surface area contributed by atoms with Crippen molar-refractivity contribution >= 4 is 43.0 Å². The minimum absolute atomic E-state index is 0.301. The van der Waals surface area contributed by atoms with E-state index in [4.69, 9.17) is 4.74 Å². The molecule has 2 saturated heterocycles. The Morgan fingerprint density at radius 2 is 2.11 bits per heavy atom. The molecule has 8 heteroatoms. The van der Waals surface area contributed by atoms with E-state index in [1.807, 2.05) is 0 Å². The van der Waals surface area contributed by atoms with Gasteiger partial charge in [-0.3, -0.25) is 14.4 Å². The molecule has 0 radical (unpaired) electrons. The van der Waals surface area contributed by atoms with Crippen LogP contribution in [0.5, 0.6) is 0 Å². The Labute approximate surface area is 115 Å². The van der Waals surface area contributed by atoms with Gasteiger partial charge < -0.3 is 14.5 Å². The number of amides is 2. The molecule has 0 aromatic carbocycles. The minimum atomic E-state index is -1.41. The van der Waals surface area contributed by atoms with Gasteiger partial charge in [-0.05, 0) is 0 Å². The smallest absolute Gasteiger partial charge is 0.303 e. The number of rotatable bonds is 1. The second-order valence-electron chi connectivity index (χ2n) is 4.39. The lowest BCUT2D eigenvalue weighted by Gasteiger charge is -2.45. The molecule has 3 atom stereocenters. The first-order chi connectivity index (χ1) is 8.30. The Bertz CT molecular complexity index is 430. The normalized spacial score (nSPS) is 35.8. The van der Waals surface area contributed by atoms with Gasteiger partial charge in [0.15, 0.2) is 5.37 Å². The Kier molecular flexibility index (Phi) is 3.26. The van der Waals surface area contributed by atoms with Crippen LogP contribution in [0.1, 0.15) is 13.3 Å². The van der Waals surface area contributed by atoms with E-state index in [2.05, 4.69) is 25.3 Å². The van der Waals surface area contributed by atoms with E-state index in [9.17, 15) is 14.4 Å². The topological polar surface area (TPSA) is 66.9 Å². The predicted octanol–water partition coefficient (Wildman–Crippen LogP) is -0.496. The van der Waals surface area contributed by atoms with Crippen molar-refractivity contribution in [2.45, 2.75) is 29.7 Å². The summed E-state index contributed by atoms with van der Waals surface area (Å²) in [7, 11) is 1.48. The van der Waals surface area contributed by atoms with Gasteiger partial charge in [-0.2, -0.15) is 0 Å². The van der Waals surface area contributed by atoms with E-state index in [0.29, 0.717) is 13.0 Å². The van der Waals surface area contributed by atoms with Crippen molar-refractivity contribution < 1.29 is 19.1 Å². The van der Waals surface area contributed by atoms with Gasteiger partial charge in [-0.25, -0.2) is 0 Å². The SMILES string of the molecule is CC(=O)O[C@H]1CCN2C(=O)[C@@H](S)N(C)C(=O)[C@@]12S. The van der Waals surface area contributed by atoms with Crippen LogP contribution in [0.2, 0.25) is 0 Å². The van der Waals surface area contributed by atoms with Crippen LogP contribution >= 0.6 is 25.3 Å². The number of hydrogen-bond acceptors (Lipinski definition) is 6. The third-order valence-corrected chi connectivity index (χ3v) is 4.56. The molecule has 2 heterocycles. The molecule has 0 saturated carbocycles. The van der Waals surface area contributed by atoms with Crippen LogP contribution < -0.4 is 0 Å². The molecule has 2 aliphatic rings. The lowest BCUT2D eigenvalue weighted by molar-refractivity contribution is -0.164. The molecule has 2 amide bonds. The summed E-state index contributed by atoms with van der Waals surface area (Å²) < 4.78 is 5.10. The molecule has 2 fully saturated rings. The molecule has 0 spiro atoms. The van der Waals surface area contributed by atoms with Gasteiger partial charge >= 0.3 is 5.97 Å². The number of thiol groups is 2. The highest BCUT2D eigenvalue weighted by molar-refractivity contribution is 7.83. The fourth-order valence-electron chi connectivity index (χ4n) is 2.34. The first-order valence-corrected chi connectivity index (χ1v) is 6.43.